The molecule has 0 fully saturated rings. The molecule has 2 heterocycles. The molecule has 0 saturated heterocycles. The van der Waals surface area contributed by atoms with Gasteiger partial charge in [-0.3, -0.25) is 4.57 Å². The summed E-state index contributed by atoms with van der Waals surface area (Å²) in [4.78, 5) is 0. The second kappa shape index (κ2) is 3.62. The molecule has 17 heavy (non-hydrogen) atoms. The van der Waals surface area contributed by atoms with Crippen molar-refractivity contribution in [3.05, 3.63) is 35.9 Å². The predicted molar refractivity (Wildman–Crippen MR) is 59.4 cm³/mol. The lowest BCUT2D eigenvalue weighted by atomic mass is 10.2. The highest BCUT2D eigenvalue weighted by molar-refractivity contribution is 5.44. The van der Waals surface area contributed by atoms with E-state index in [0.717, 1.165) is 11.3 Å². The Morgan fingerprint density at radius 1 is 1.00 bits per heavy atom. The summed E-state index contributed by atoms with van der Waals surface area (Å²) in [6.45, 7) is 0.611. The van der Waals surface area contributed by atoms with Gasteiger partial charge in [-0.05, 0) is 17.7 Å². The summed E-state index contributed by atoms with van der Waals surface area (Å²) in [6, 6.07) is 8.41. The lowest BCUT2D eigenvalue weighted by molar-refractivity contribution is 0.174. The van der Waals surface area contributed by atoms with E-state index in [-0.39, 0.29) is 18.6 Å². The molecule has 0 saturated carbocycles. The van der Waals surface area contributed by atoms with Crippen molar-refractivity contribution >= 4 is 0 Å². The molecule has 88 valence electrons. The maximum absolute atomic E-state index is 9.53. The van der Waals surface area contributed by atoms with Crippen LogP contribution in [-0.4, -0.2) is 21.6 Å². The van der Waals surface area contributed by atoms with E-state index in [4.69, 9.17) is 9.47 Å². The fraction of sp³-hybridized carbons (Fsp3) is 0.167. The Hall–Kier alpha value is -2.30. The van der Waals surface area contributed by atoms with E-state index in [1.165, 1.54) is 16.7 Å². The molecule has 0 amide bonds. The molecule has 2 N–H and O–H groups in total. The van der Waals surface area contributed by atoms with Crippen LogP contribution in [0.5, 0.6) is 23.3 Å². The topological polar surface area (TPSA) is 63.9 Å². The minimum absolute atomic E-state index is 0.0279. The number of benzene rings is 1. The van der Waals surface area contributed by atoms with Crippen LogP contribution in [0.25, 0.3) is 0 Å². The van der Waals surface area contributed by atoms with Crippen LogP contribution in [0.4, 0.5) is 0 Å². The van der Waals surface area contributed by atoms with Gasteiger partial charge < -0.3 is 19.7 Å². The Kier molecular flexibility index (Phi) is 2.11. The van der Waals surface area contributed by atoms with Crippen LogP contribution in [0, 0.1) is 0 Å². The van der Waals surface area contributed by atoms with E-state index in [1.807, 2.05) is 18.2 Å². The summed E-state index contributed by atoms with van der Waals surface area (Å²) in [5, 5.41) is 19.1. The summed E-state index contributed by atoms with van der Waals surface area (Å²) in [7, 11) is 0. The van der Waals surface area contributed by atoms with E-state index in [0.29, 0.717) is 12.3 Å². The Morgan fingerprint density at radius 3 is 2.47 bits per heavy atom. The van der Waals surface area contributed by atoms with Crippen LogP contribution in [0.15, 0.2) is 30.3 Å². The lowest BCUT2D eigenvalue weighted by Crippen LogP contribution is -1.98. The van der Waals surface area contributed by atoms with Crippen molar-refractivity contribution in [2.75, 3.05) is 6.79 Å². The maximum Gasteiger partial charge on any atom is 0.231 e. The van der Waals surface area contributed by atoms with Crippen LogP contribution < -0.4 is 9.47 Å². The molecule has 1 aliphatic heterocycles. The summed E-state index contributed by atoms with van der Waals surface area (Å²) in [6.07, 6.45) is 0. The third kappa shape index (κ3) is 1.65. The Balaban J connectivity index is 1.91. The standard InChI is InChI=1S/C12H11NO4/c14-11-3-4-12(15)13(11)6-8-1-2-9-10(5-8)17-7-16-9/h1-5,14-15H,6-7H2. The highest BCUT2D eigenvalue weighted by Crippen LogP contribution is 2.33. The highest BCUT2D eigenvalue weighted by atomic mass is 16.7. The van der Waals surface area contributed by atoms with Crippen molar-refractivity contribution in [3.63, 3.8) is 0 Å². The molecular weight excluding hydrogens is 222 g/mol. The zero-order valence-electron chi connectivity index (χ0n) is 8.96. The first-order valence-electron chi connectivity index (χ1n) is 5.20. The predicted octanol–water partition coefficient (Wildman–Crippen LogP) is 1.68. The Bertz CT molecular complexity index is 542. The Morgan fingerprint density at radius 2 is 1.71 bits per heavy atom. The minimum Gasteiger partial charge on any atom is -0.494 e. The normalized spacial score (nSPS) is 12.9. The molecule has 1 aromatic carbocycles. The molecular formula is C12H11NO4. The monoisotopic (exact) mass is 233 g/mol. The highest BCUT2D eigenvalue weighted by Gasteiger charge is 2.14. The fourth-order valence-corrected chi connectivity index (χ4v) is 1.83. The maximum atomic E-state index is 9.53. The van der Waals surface area contributed by atoms with Gasteiger partial charge >= 0.3 is 0 Å². The zero-order valence-corrected chi connectivity index (χ0v) is 8.96. The van der Waals surface area contributed by atoms with Crippen molar-refractivity contribution in [3.8, 4) is 23.3 Å². The van der Waals surface area contributed by atoms with Crippen molar-refractivity contribution in [1.29, 1.82) is 0 Å². The summed E-state index contributed by atoms with van der Waals surface area (Å²) in [5.41, 5.74) is 0.913. The molecule has 0 spiro atoms. The number of hydrogen-bond acceptors (Lipinski definition) is 4. The summed E-state index contributed by atoms with van der Waals surface area (Å²) < 4.78 is 11.9. The lowest BCUT2D eigenvalue weighted by Gasteiger charge is -2.07. The van der Waals surface area contributed by atoms with Crippen molar-refractivity contribution in [2.45, 2.75) is 6.54 Å². The number of aromatic hydroxyl groups is 2. The number of hydrogen-bond donors (Lipinski definition) is 2. The van der Waals surface area contributed by atoms with Gasteiger partial charge in [0.15, 0.2) is 23.3 Å². The first kappa shape index (κ1) is 9.89. The molecule has 0 aliphatic carbocycles. The molecule has 1 aliphatic rings. The SMILES string of the molecule is Oc1ccc(O)n1Cc1ccc2c(c1)OCO2. The largest absolute Gasteiger partial charge is 0.494 e. The zero-order chi connectivity index (χ0) is 11.8. The van der Waals surface area contributed by atoms with Crippen LogP contribution >= 0.6 is 0 Å². The quantitative estimate of drug-likeness (QED) is 0.828. The minimum atomic E-state index is 0.0279. The average Bonchev–Trinajstić information content (AvgIpc) is 2.90. The first-order valence-corrected chi connectivity index (χ1v) is 5.20. The molecule has 0 unspecified atom stereocenters. The molecule has 3 rings (SSSR count). The van der Waals surface area contributed by atoms with Crippen molar-refractivity contribution < 1.29 is 19.7 Å². The van der Waals surface area contributed by atoms with Gasteiger partial charge in [-0.2, -0.15) is 0 Å². The van der Waals surface area contributed by atoms with Crippen LogP contribution in [0.3, 0.4) is 0 Å². The smallest absolute Gasteiger partial charge is 0.231 e. The van der Waals surface area contributed by atoms with E-state index >= 15 is 0 Å². The molecule has 2 aromatic rings. The van der Waals surface area contributed by atoms with Gasteiger partial charge in [0.1, 0.15) is 0 Å². The van der Waals surface area contributed by atoms with Gasteiger partial charge in [0.05, 0.1) is 6.54 Å². The molecule has 0 atom stereocenters. The molecule has 5 nitrogen and oxygen atoms in total. The second-order valence-corrected chi connectivity index (χ2v) is 3.82. The first-order chi connectivity index (χ1) is 8.24. The van der Waals surface area contributed by atoms with Gasteiger partial charge in [0.2, 0.25) is 6.79 Å². The third-order valence-corrected chi connectivity index (χ3v) is 2.71. The number of fused-ring (bicyclic) bond motifs is 1. The summed E-state index contributed by atoms with van der Waals surface area (Å²) >= 11 is 0. The van der Waals surface area contributed by atoms with E-state index in [9.17, 15) is 10.2 Å². The summed E-state index contributed by atoms with van der Waals surface area (Å²) in [5.74, 6) is 1.46. The van der Waals surface area contributed by atoms with Crippen LogP contribution in [-0.2, 0) is 6.54 Å². The second-order valence-electron chi connectivity index (χ2n) is 3.82. The van der Waals surface area contributed by atoms with Gasteiger partial charge in [-0.1, -0.05) is 6.07 Å². The van der Waals surface area contributed by atoms with E-state index in [1.54, 1.807) is 0 Å². The van der Waals surface area contributed by atoms with Crippen molar-refractivity contribution in [1.82, 2.24) is 4.57 Å². The van der Waals surface area contributed by atoms with Crippen molar-refractivity contribution in [2.24, 2.45) is 0 Å². The third-order valence-electron chi connectivity index (χ3n) is 2.71. The molecule has 0 bridgehead atoms. The molecule has 5 heteroatoms. The fourth-order valence-electron chi connectivity index (χ4n) is 1.83. The van der Waals surface area contributed by atoms with Gasteiger partial charge in [0, 0.05) is 12.1 Å². The average molecular weight is 233 g/mol. The number of rotatable bonds is 2. The van der Waals surface area contributed by atoms with Crippen LogP contribution in [0.1, 0.15) is 5.56 Å². The molecule has 1 aromatic heterocycles. The van der Waals surface area contributed by atoms with Crippen LogP contribution in [0.2, 0.25) is 0 Å². The number of aromatic nitrogens is 1. The van der Waals surface area contributed by atoms with Gasteiger partial charge in [0.25, 0.3) is 0 Å². The number of nitrogens with zero attached hydrogens (tertiary/aromatic N) is 1. The van der Waals surface area contributed by atoms with E-state index < -0.39 is 0 Å². The van der Waals surface area contributed by atoms with E-state index in [2.05, 4.69) is 0 Å². The van der Waals surface area contributed by atoms with Gasteiger partial charge in [-0.15, -0.1) is 0 Å². The molecule has 0 radical (unpaired) electrons. The Labute approximate surface area is 97.4 Å². The number of ether oxygens (including phenoxy) is 2. The van der Waals surface area contributed by atoms with Gasteiger partial charge in [-0.25, -0.2) is 0 Å².